The third-order valence-corrected chi connectivity index (χ3v) is 10.7. The van der Waals surface area contributed by atoms with E-state index < -0.39 is 63.4 Å². The minimum absolute atomic E-state index is 0.0437. The maximum absolute atomic E-state index is 13.3. The lowest BCUT2D eigenvalue weighted by Gasteiger charge is -2.64. The van der Waals surface area contributed by atoms with Gasteiger partial charge in [-0.25, -0.2) is 0 Å². The molecule has 0 aromatic carbocycles. The Bertz CT molecular complexity index is 907. The number of aliphatic hydroxyl groups is 7. The first-order chi connectivity index (χ1) is 15.8. The average molecular weight is 497 g/mol. The van der Waals surface area contributed by atoms with E-state index in [1.807, 2.05) is 6.92 Å². The van der Waals surface area contributed by atoms with Crippen LogP contribution < -0.4 is 0 Å². The highest BCUT2D eigenvalue weighted by Crippen LogP contribution is 2.69. The summed E-state index contributed by atoms with van der Waals surface area (Å²) in [7, 11) is 0. The Kier molecular flexibility index (Phi) is 6.26. The zero-order valence-corrected chi connectivity index (χ0v) is 21.7. The predicted molar refractivity (Wildman–Crippen MR) is 128 cm³/mol. The number of carbonyl (C=O) groups excluding carboxylic acids is 1. The molecule has 4 aliphatic carbocycles. The number of rotatable bonds is 5. The highest BCUT2D eigenvalue weighted by Gasteiger charge is 2.73. The summed E-state index contributed by atoms with van der Waals surface area (Å²) in [6.45, 7) is 8.50. The van der Waals surface area contributed by atoms with E-state index in [4.69, 9.17) is 0 Å². The Balaban J connectivity index is 1.71. The highest BCUT2D eigenvalue weighted by molar-refractivity contribution is 5.95. The van der Waals surface area contributed by atoms with Gasteiger partial charge in [0, 0.05) is 16.7 Å². The van der Waals surface area contributed by atoms with E-state index in [-0.39, 0.29) is 43.5 Å². The van der Waals surface area contributed by atoms with Crippen LogP contribution in [0.3, 0.4) is 0 Å². The highest BCUT2D eigenvalue weighted by atomic mass is 16.3. The van der Waals surface area contributed by atoms with Crippen molar-refractivity contribution in [3.8, 4) is 0 Å². The molecule has 0 spiro atoms. The van der Waals surface area contributed by atoms with Gasteiger partial charge in [0.2, 0.25) is 0 Å². The van der Waals surface area contributed by atoms with Crippen molar-refractivity contribution >= 4 is 5.78 Å². The number of ketones is 1. The van der Waals surface area contributed by atoms with Crippen LogP contribution in [0.2, 0.25) is 0 Å². The van der Waals surface area contributed by atoms with Gasteiger partial charge in [0.25, 0.3) is 0 Å². The minimum atomic E-state index is -1.57. The van der Waals surface area contributed by atoms with Crippen LogP contribution in [0.15, 0.2) is 11.6 Å². The molecule has 0 saturated heterocycles. The van der Waals surface area contributed by atoms with Crippen molar-refractivity contribution in [1.82, 2.24) is 0 Å². The molecule has 35 heavy (non-hydrogen) atoms. The van der Waals surface area contributed by atoms with Crippen molar-refractivity contribution in [2.45, 2.75) is 127 Å². The number of allylic oxidation sites excluding steroid dienone is 1. The molecule has 0 aliphatic heterocycles. The molecule has 200 valence electrons. The molecule has 0 radical (unpaired) electrons. The van der Waals surface area contributed by atoms with Gasteiger partial charge in [0.15, 0.2) is 5.78 Å². The van der Waals surface area contributed by atoms with Crippen molar-refractivity contribution in [2.75, 3.05) is 0 Å². The summed E-state index contributed by atoms with van der Waals surface area (Å²) in [6.07, 6.45) is -0.101. The van der Waals surface area contributed by atoms with E-state index in [0.29, 0.717) is 19.3 Å². The molecule has 10 atom stereocenters. The second-order valence-electron chi connectivity index (χ2n) is 13.3. The Morgan fingerprint density at radius 3 is 2.20 bits per heavy atom. The van der Waals surface area contributed by atoms with Gasteiger partial charge in [-0.3, -0.25) is 4.79 Å². The molecule has 0 aromatic heterocycles. The second kappa shape index (κ2) is 8.06. The third-order valence-electron chi connectivity index (χ3n) is 10.7. The number of carbonyl (C=O) groups is 1. The summed E-state index contributed by atoms with van der Waals surface area (Å²) in [6, 6.07) is 0. The summed E-state index contributed by atoms with van der Waals surface area (Å²) in [5.41, 5.74) is -7.38. The maximum Gasteiger partial charge on any atom is 0.159 e. The average Bonchev–Trinajstić information content (AvgIpc) is 3.02. The molecule has 0 heterocycles. The SMILES string of the molecule is CC(C)(O)CC[C@@H](O)[C@](C)(O)[C@@H]1CC[C@@]2(O)C3=CC(=O)[C@@H]4C[C@@H](O)[C@H](O)C[C@]4(C)[C@@]3(O)CC[C@]12C. The van der Waals surface area contributed by atoms with Gasteiger partial charge in [-0.15, -0.1) is 0 Å². The molecule has 7 N–H and O–H groups in total. The van der Waals surface area contributed by atoms with Gasteiger partial charge < -0.3 is 35.7 Å². The summed E-state index contributed by atoms with van der Waals surface area (Å²) in [5, 5.41) is 77.6. The maximum atomic E-state index is 13.3. The van der Waals surface area contributed by atoms with E-state index in [9.17, 15) is 40.5 Å². The fourth-order valence-electron chi connectivity index (χ4n) is 8.27. The van der Waals surface area contributed by atoms with Gasteiger partial charge in [0.1, 0.15) is 0 Å². The first kappa shape index (κ1) is 27.2. The Labute approximate surface area is 207 Å². The van der Waals surface area contributed by atoms with Crippen molar-refractivity contribution in [3.63, 3.8) is 0 Å². The lowest BCUT2D eigenvalue weighted by Crippen LogP contribution is -2.70. The smallest absolute Gasteiger partial charge is 0.159 e. The number of hydrogen-bond acceptors (Lipinski definition) is 8. The zero-order valence-electron chi connectivity index (χ0n) is 21.7. The first-order valence-corrected chi connectivity index (χ1v) is 13.0. The van der Waals surface area contributed by atoms with Crippen LogP contribution >= 0.6 is 0 Å². The van der Waals surface area contributed by atoms with Crippen LogP contribution in [-0.4, -0.2) is 82.2 Å². The topological polar surface area (TPSA) is 159 Å². The molecule has 8 nitrogen and oxygen atoms in total. The Hall–Kier alpha value is -0.870. The first-order valence-electron chi connectivity index (χ1n) is 13.0. The van der Waals surface area contributed by atoms with Crippen LogP contribution in [0.25, 0.3) is 0 Å². The van der Waals surface area contributed by atoms with E-state index in [2.05, 4.69) is 0 Å². The molecule has 4 rings (SSSR count). The van der Waals surface area contributed by atoms with E-state index in [1.54, 1.807) is 27.7 Å². The molecule has 0 aromatic rings. The van der Waals surface area contributed by atoms with Crippen LogP contribution in [-0.2, 0) is 4.79 Å². The normalized spacial score (nSPS) is 48.3. The van der Waals surface area contributed by atoms with E-state index >= 15 is 0 Å². The van der Waals surface area contributed by atoms with Crippen LogP contribution in [0.1, 0.15) is 86.0 Å². The second-order valence-corrected chi connectivity index (χ2v) is 13.3. The number of aliphatic hydroxyl groups excluding tert-OH is 3. The van der Waals surface area contributed by atoms with Crippen LogP contribution in [0, 0.1) is 22.7 Å². The lowest BCUT2D eigenvalue weighted by molar-refractivity contribution is -0.216. The number of hydrogen-bond donors (Lipinski definition) is 7. The molecule has 4 aliphatic rings. The Morgan fingerprint density at radius 2 is 1.60 bits per heavy atom. The van der Waals surface area contributed by atoms with E-state index in [1.165, 1.54) is 6.08 Å². The van der Waals surface area contributed by atoms with Gasteiger partial charge >= 0.3 is 0 Å². The molecular formula is C27H44O8. The molecular weight excluding hydrogens is 452 g/mol. The third kappa shape index (κ3) is 3.70. The van der Waals surface area contributed by atoms with Gasteiger partial charge in [-0.2, -0.15) is 0 Å². The molecule has 0 unspecified atom stereocenters. The molecule has 0 amide bonds. The summed E-state index contributed by atoms with van der Waals surface area (Å²) >= 11 is 0. The fourth-order valence-corrected chi connectivity index (χ4v) is 8.27. The number of fused-ring (bicyclic) bond motifs is 5. The van der Waals surface area contributed by atoms with Gasteiger partial charge in [-0.1, -0.05) is 13.8 Å². The van der Waals surface area contributed by atoms with E-state index in [0.717, 1.165) is 0 Å². The Morgan fingerprint density at radius 1 is 1.00 bits per heavy atom. The largest absolute Gasteiger partial charge is 0.390 e. The minimum Gasteiger partial charge on any atom is -0.390 e. The standard InChI is InChI=1S/C27H44O8/c1-22(2,32)8-7-21(31)25(5,33)19-6-9-26(34)20-13-16(28)15-12-17(29)18(30)14-24(15,4)27(20,35)11-10-23(19,26)3/h13,15,17-19,21,29-35H,6-12,14H2,1-5H3/t15-,17+,18+,19+,21+,23+,24-,25+,26+,27+/m0/s1. The molecule has 3 saturated carbocycles. The molecule has 0 bridgehead atoms. The summed E-state index contributed by atoms with van der Waals surface area (Å²) < 4.78 is 0. The van der Waals surface area contributed by atoms with Crippen molar-refractivity contribution in [2.24, 2.45) is 22.7 Å². The zero-order chi connectivity index (χ0) is 26.4. The van der Waals surface area contributed by atoms with Crippen LogP contribution in [0.5, 0.6) is 0 Å². The summed E-state index contributed by atoms with van der Waals surface area (Å²) in [4.78, 5) is 13.3. The quantitative estimate of drug-likeness (QED) is 0.297. The molecule has 3 fully saturated rings. The van der Waals surface area contributed by atoms with Gasteiger partial charge in [0.05, 0.1) is 40.7 Å². The van der Waals surface area contributed by atoms with Crippen molar-refractivity contribution in [3.05, 3.63) is 11.6 Å². The summed E-state index contributed by atoms with van der Waals surface area (Å²) in [5.74, 6) is -1.44. The van der Waals surface area contributed by atoms with Crippen LogP contribution in [0.4, 0.5) is 0 Å². The van der Waals surface area contributed by atoms with Crippen molar-refractivity contribution in [1.29, 1.82) is 0 Å². The predicted octanol–water partition coefficient (Wildman–Crippen LogP) is 0.969. The molecule has 8 heteroatoms. The fraction of sp³-hybridized carbons (Fsp3) is 0.889. The monoisotopic (exact) mass is 496 g/mol. The van der Waals surface area contributed by atoms with Gasteiger partial charge in [-0.05, 0) is 89.7 Å². The van der Waals surface area contributed by atoms with Crippen molar-refractivity contribution < 1.29 is 40.5 Å². The lowest BCUT2D eigenvalue weighted by atomic mass is 9.43.